The molecule has 1 aromatic rings. The van der Waals surface area contributed by atoms with E-state index in [9.17, 15) is 0 Å². The van der Waals surface area contributed by atoms with Gasteiger partial charge in [0.15, 0.2) is 16.6 Å². The van der Waals surface area contributed by atoms with Crippen molar-refractivity contribution in [2.45, 2.75) is 31.8 Å². The van der Waals surface area contributed by atoms with E-state index in [1.807, 2.05) is 0 Å². The Hall–Kier alpha value is -1.49. The van der Waals surface area contributed by atoms with Gasteiger partial charge in [-0.3, -0.25) is 0 Å². The highest BCUT2D eigenvalue weighted by Gasteiger charge is 2.35. The van der Waals surface area contributed by atoms with Crippen molar-refractivity contribution in [3.05, 3.63) is 23.3 Å². The Bertz CT molecular complexity index is 547. The van der Waals surface area contributed by atoms with Gasteiger partial charge in [-0.25, -0.2) is 0 Å². The fourth-order valence-corrected chi connectivity index (χ4v) is 3.63. The molecule has 2 heterocycles. The summed E-state index contributed by atoms with van der Waals surface area (Å²) in [5, 5.41) is 4.23. The Balaban J connectivity index is 2.04. The standard InChI is InChI=1S/C15H20N2O2S/c1-9-6-12-11-8-14(19-3)13(18-2)7-10(11)4-5-17(12)15(20)16-9/h7-9,12H,4-6H2,1-3H3,(H,16,20)/t9-,12+/m1/s1. The quantitative estimate of drug-likeness (QED) is 0.846. The van der Waals surface area contributed by atoms with E-state index < -0.39 is 0 Å². The maximum Gasteiger partial charge on any atom is 0.169 e. The second-order valence-electron chi connectivity index (χ2n) is 5.45. The largest absolute Gasteiger partial charge is 0.493 e. The van der Waals surface area contributed by atoms with Crippen molar-refractivity contribution >= 4 is 17.3 Å². The predicted molar refractivity (Wildman–Crippen MR) is 82.5 cm³/mol. The number of hydrogen-bond donors (Lipinski definition) is 1. The molecule has 0 saturated carbocycles. The monoisotopic (exact) mass is 292 g/mol. The molecule has 4 nitrogen and oxygen atoms in total. The first-order chi connectivity index (χ1) is 9.63. The zero-order valence-electron chi connectivity index (χ0n) is 12.1. The molecule has 0 radical (unpaired) electrons. The summed E-state index contributed by atoms with van der Waals surface area (Å²) in [6.07, 6.45) is 2.05. The molecular formula is C15H20N2O2S. The molecule has 0 aromatic heterocycles. The maximum absolute atomic E-state index is 5.48. The van der Waals surface area contributed by atoms with Gasteiger partial charge in [-0.1, -0.05) is 0 Å². The minimum absolute atomic E-state index is 0.349. The number of methoxy groups -OCH3 is 2. The van der Waals surface area contributed by atoms with Gasteiger partial charge in [0.2, 0.25) is 0 Å². The molecule has 108 valence electrons. The molecule has 1 fully saturated rings. The summed E-state index contributed by atoms with van der Waals surface area (Å²) in [6.45, 7) is 3.14. The summed E-state index contributed by atoms with van der Waals surface area (Å²) < 4.78 is 10.8. The van der Waals surface area contributed by atoms with Gasteiger partial charge >= 0.3 is 0 Å². The Morgan fingerprint density at radius 3 is 2.65 bits per heavy atom. The van der Waals surface area contributed by atoms with Crippen molar-refractivity contribution in [1.82, 2.24) is 10.2 Å². The van der Waals surface area contributed by atoms with E-state index in [1.165, 1.54) is 11.1 Å². The Morgan fingerprint density at radius 2 is 1.95 bits per heavy atom. The Kier molecular flexibility index (Phi) is 3.46. The lowest BCUT2D eigenvalue weighted by molar-refractivity contribution is 0.232. The third kappa shape index (κ3) is 2.10. The lowest BCUT2D eigenvalue weighted by Crippen LogP contribution is -2.54. The molecular weight excluding hydrogens is 272 g/mol. The third-order valence-corrected chi connectivity index (χ3v) is 4.56. The van der Waals surface area contributed by atoms with Crippen LogP contribution in [0, 0.1) is 0 Å². The van der Waals surface area contributed by atoms with Crippen molar-refractivity contribution in [2.75, 3.05) is 20.8 Å². The van der Waals surface area contributed by atoms with Crippen LogP contribution < -0.4 is 14.8 Å². The predicted octanol–water partition coefficient (Wildman–Crippen LogP) is 2.27. The molecule has 2 aliphatic rings. The summed E-state index contributed by atoms with van der Waals surface area (Å²) in [5.74, 6) is 1.61. The van der Waals surface area contributed by atoms with Crippen LogP contribution in [-0.4, -0.2) is 36.8 Å². The minimum atomic E-state index is 0.349. The number of rotatable bonds is 2. The lowest BCUT2D eigenvalue weighted by Gasteiger charge is -2.45. The molecule has 1 aromatic carbocycles. The zero-order valence-corrected chi connectivity index (χ0v) is 12.9. The van der Waals surface area contributed by atoms with E-state index in [2.05, 4.69) is 29.3 Å². The molecule has 3 rings (SSSR count). The Morgan fingerprint density at radius 1 is 1.25 bits per heavy atom. The van der Waals surface area contributed by atoms with E-state index in [0.29, 0.717) is 12.1 Å². The molecule has 1 N–H and O–H groups in total. The maximum atomic E-state index is 5.48. The first kappa shape index (κ1) is 13.5. The topological polar surface area (TPSA) is 33.7 Å². The van der Waals surface area contributed by atoms with Gasteiger partial charge in [-0.15, -0.1) is 0 Å². The van der Waals surface area contributed by atoms with Crippen molar-refractivity contribution in [2.24, 2.45) is 0 Å². The number of ether oxygens (including phenoxy) is 2. The molecule has 1 saturated heterocycles. The first-order valence-electron chi connectivity index (χ1n) is 6.96. The highest BCUT2D eigenvalue weighted by Crippen LogP contribution is 2.40. The van der Waals surface area contributed by atoms with Crippen LogP contribution in [0.15, 0.2) is 12.1 Å². The number of fused-ring (bicyclic) bond motifs is 3. The van der Waals surface area contributed by atoms with Crippen LogP contribution >= 0.6 is 12.2 Å². The number of nitrogens with zero attached hydrogens (tertiary/aromatic N) is 1. The fourth-order valence-electron chi connectivity index (χ4n) is 3.21. The second kappa shape index (κ2) is 5.13. The highest BCUT2D eigenvalue weighted by atomic mass is 32.1. The van der Waals surface area contributed by atoms with Gasteiger partial charge in [0, 0.05) is 12.6 Å². The zero-order chi connectivity index (χ0) is 14.3. The normalized spacial score (nSPS) is 24.6. The SMILES string of the molecule is COc1cc2c(cc1OC)[C@@H]1C[C@@H](C)NC(=S)N1CC2. The summed E-state index contributed by atoms with van der Waals surface area (Å²) in [5.41, 5.74) is 2.67. The van der Waals surface area contributed by atoms with Crippen LogP contribution in [0.5, 0.6) is 11.5 Å². The molecule has 0 amide bonds. The number of hydrogen-bond acceptors (Lipinski definition) is 3. The van der Waals surface area contributed by atoms with Gasteiger partial charge in [-0.05, 0) is 55.2 Å². The number of nitrogens with one attached hydrogen (secondary N) is 1. The van der Waals surface area contributed by atoms with Crippen LogP contribution in [0.1, 0.15) is 30.5 Å². The van der Waals surface area contributed by atoms with E-state index in [1.54, 1.807) is 14.2 Å². The van der Waals surface area contributed by atoms with Crippen LogP contribution in [-0.2, 0) is 6.42 Å². The third-order valence-electron chi connectivity index (χ3n) is 4.21. The number of thiocarbonyl (C=S) groups is 1. The molecule has 0 aliphatic carbocycles. The summed E-state index contributed by atoms with van der Waals surface area (Å²) >= 11 is 5.48. The second-order valence-corrected chi connectivity index (χ2v) is 5.84. The first-order valence-corrected chi connectivity index (χ1v) is 7.36. The van der Waals surface area contributed by atoms with Crippen molar-refractivity contribution < 1.29 is 9.47 Å². The lowest BCUT2D eigenvalue weighted by atomic mass is 9.87. The van der Waals surface area contributed by atoms with Crippen molar-refractivity contribution in [3.63, 3.8) is 0 Å². The van der Waals surface area contributed by atoms with E-state index in [0.717, 1.165) is 36.0 Å². The summed E-state index contributed by atoms with van der Waals surface area (Å²) in [6, 6.07) is 4.98. The molecule has 2 atom stereocenters. The molecule has 0 bridgehead atoms. The summed E-state index contributed by atoms with van der Waals surface area (Å²) in [4.78, 5) is 2.30. The van der Waals surface area contributed by atoms with Crippen LogP contribution in [0.25, 0.3) is 0 Å². The van der Waals surface area contributed by atoms with Gasteiger partial charge in [-0.2, -0.15) is 0 Å². The molecule has 20 heavy (non-hydrogen) atoms. The molecule has 0 spiro atoms. The molecule has 5 heteroatoms. The fraction of sp³-hybridized carbons (Fsp3) is 0.533. The average molecular weight is 292 g/mol. The van der Waals surface area contributed by atoms with E-state index in [-0.39, 0.29) is 0 Å². The van der Waals surface area contributed by atoms with Crippen molar-refractivity contribution in [1.29, 1.82) is 0 Å². The van der Waals surface area contributed by atoms with Crippen LogP contribution in [0.4, 0.5) is 0 Å². The molecule has 0 unspecified atom stereocenters. The Labute approximate surface area is 125 Å². The van der Waals surface area contributed by atoms with Gasteiger partial charge < -0.3 is 19.7 Å². The smallest absolute Gasteiger partial charge is 0.169 e. The molecule has 2 aliphatic heterocycles. The van der Waals surface area contributed by atoms with E-state index in [4.69, 9.17) is 21.7 Å². The van der Waals surface area contributed by atoms with Gasteiger partial charge in [0.05, 0.1) is 20.3 Å². The van der Waals surface area contributed by atoms with Crippen LogP contribution in [0.3, 0.4) is 0 Å². The average Bonchev–Trinajstić information content (AvgIpc) is 2.45. The van der Waals surface area contributed by atoms with Crippen molar-refractivity contribution in [3.8, 4) is 11.5 Å². The van der Waals surface area contributed by atoms with E-state index >= 15 is 0 Å². The highest BCUT2D eigenvalue weighted by molar-refractivity contribution is 7.80. The minimum Gasteiger partial charge on any atom is -0.493 e. The number of benzene rings is 1. The van der Waals surface area contributed by atoms with Crippen LogP contribution in [0.2, 0.25) is 0 Å². The van der Waals surface area contributed by atoms with Gasteiger partial charge in [0.1, 0.15) is 0 Å². The van der Waals surface area contributed by atoms with Gasteiger partial charge in [0.25, 0.3) is 0 Å². The summed E-state index contributed by atoms with van der Waals surface area (Å²) in [7, 11) is 3.36.